The molecule has 19 heavy (non-hydrogen) atoms. The largest absolute Gasteiger partial charge is 0.334 e. The topological polar surface area (TPSA) is 56.1 Å². The third-order valence-electron chi connectivity index (χ3n) is 3.80. The Morgan fingerprint density at radius 1 is 1.37 bits per heavy atom. The molecule has 0 radical (unpaired) electrons. The lowest BCUT2D eigenvalue weighted by Gasteiger charge is -2.36. The molecule has 1 amide bonds. The summed E-state index contributed by atoms with van der Waals surface area (Å²) < 4.78 is 0. The van der Waals surface area contributed by atoms with Crippen LogP contribution in [0.5, 0.6) is 0 Å². The van der Waals surface area contributed by atoms with Crippen LogP contribution in [-0.2, 0) is 0 Å². The first kappa shape index (κ1) is 13.6. The number of carbonyl (C=O) groups excluding carboxylic acids is 1. The van der Waals surface area contributed by atoms with Crippen LogP contribution < -0.4 is 5.32 Å². The number of hydrogen-bond donors (Lipinski definition) is 1. The lowest BCUT2D eigenvalue weighted by Crippen LogP contribution is -2.53. The van der Waals surface area contributed by atoms with E-state index in [0.29, 0.717) is 18.4 Å². The molecule has 1 aromatic rings. The molecule has 1 saturated heterocycles. The molecular weight excluding hydrogens is 238 g/mol. The van der Waals surface area contributed by atoms with Crippen molar-refractivity contribution in [3.63, 3.8) is 0 Å². The van der Waals surface area contributed by atoms with Gasteiger partial charge in [-0.2, -0.15) is 5.26 Å². The van der Waals surface area contributed by atoms with Crippen LogP contribution in [0.25, 0.3) is 0 Å². The third-order valence-corrected chi connectivity index (χ3v) is 3.80. The summed E-state index contributed by atoms with van der Waals surface area (Å²) in [5, 5.41) is 12.3. The number of nitrogens with one attached hydrogen (secondary N) is 1. The maximum atomic E-state index is 12.3. The molecule has 1 N–H and O–H groups in total. The Hall–Kier alpha value is -1.86. The molecule has 1 aliphatic rings. The van der Waals surface area contributed by atoms with Crippen molar-refractivity contribution in [1.82, 2.24) is 10.2 Å². The number of nitrogens with zero attached hydrogens (tertiary/aromatic N) is 2. The van der Waals surface area contributed by atoms with E-state index in [2.05, 4.69) is 16.3 Å². The van der Waals surface area contributed by atoms with Gasteiger partial charge in [0.05, 0.1) is 6.07 Å². The monoisotopic (exact) mass is 257 g/mol. The minimum Gasteiger partial charge on any atom is -0.334 e. The first-order chi connectivity index (χ1) is 9.06. The summed E-state index contributed by atoms with van der Waals surface area (Å²) in [7, 11) is 2.03. The highest BCUT2D eigenvalue weighted by Crippen LogP contribution is 2.21. The molecule has 1 fully saturated rings. The van der Waals surface area contributed by atoms with Gasteiger partial charge in [-0.25, -0.2) is 0 Å². The average Bonchev–Trinajstić information content (AvgIpc) is 2.42. The summed E-state index contributed by atoms with van der Waals surface area (Å²) in [5.74, 6) is -0.149. The van der Waals surface area contributed by atoms with Crippen LogP contribution in [0.3, 0.4) is 0 Å². The maximum Gasteiger partial charge on any atom is 0.252 e. The Morgan fingerprint density at radius 3 is 2.58 bits per heavy atom. The van der Waals surface area contributed by atoms with Crippen LogP contribution in [-0.4, -0.2) is 36.5 Å². The summed E-state index contributed by atoms with van der Waals surface area (Å²) in [6.45, 7) is 3.58. The quantitative estimate of drug-likeness (QED) is 0.877. The van der Waals surface area contributed by atoms with E-state index in [1.165, 1.54) is 0 Å². The van der Waals surface area contributed by atoms with Gasteiger partial charge in [0.25, 0.3) is 5.91 Å². The van der Waals surface area contributed by atoms with E-state index in [0.717, 1.165) is 18.7 Å². The number of hydrogen-bond acceptors (Lipinski definition) is 3. The van der Waals surface area contributed by atoms with Crippen molar-refractivity contribution in [2.75, 3.05) is 20.1 Å². The Morgan fingerprint density at radius 2 is 2.00 bits per heavy atom. The minimum absolute atomic E-state index is 0.149. The zero-order chi connectivity index (χ0) is 13.9. The highest BCUT2D eigenvalue weighted by Gasteiger charge is 2.35. The molecule has 100 valence electrons. The number of aryl methyl sites for hydroxylation is 1. The predicted octanol–water partition coefficient (Wildman–Crippen LogP) is 1.71. The van der Waals surface area contributed by atoms with E-state index in [-0.39, 0.29) is 5.91 Å². The van der Waals surface area contributed by atoms with Crippen molar-refractivity contribution in [3.8, 4) is 6.07 Å². The van der Waals surface area contributed by atoms with E-state index in [1.54, 1.807) is 6.07 Å². The van der Waals surface area contributed by atoms with Crippen LogP contribution in [0.2, 0.25) is 0 Å². The fourth-order valence-corrected chi connectivity index (χ4v) is 2.38. The summed E-state index contributed by atoms with van der Waals surface area (Å²) >= 11 is 0. The molecule has 0 unspecified atom stereocenters. The van der Waals surface area contributed by atoms with Crippen molar-refractivity contribution in [1.29, 1.82) is 5.26 Å². The molecule has 4 heteroatoms. The Kier molecular flexibility index (Phi) is 3.87. The van der Waals surface area contributed by atoms with Gasteiger partial charge in [-0.05, 0) is 38.4 Å². The first-order valence-electron chi connectivity index (χ1n) is 6.54. The summed E-state index contributed by atoms with van der Waals surface area (Å²) in [6, 6.07) is 9.75. The molecule has 0 bridgehead atoms. The second-order valence-electron chi connectivity index (χ2n) is 5.27. The van der Waals surface area contributed by atoms with Gasteiger partial charge in [0, 0.05) is 18.7 Å². The van der Waals surface area contributed by atoms with Crippen molar-refractivity contribution in [2.45, 2.75) is 25.3 Å². The van der Waals surface area contributed by atoms with Gasteiger partial charge < -0.3 is 10.2 Å². The van der Waals surface area contributed by atoms with E-state index in [1.807, 2.05) is 32.2 Å². The summed E-state index contributed by atoms with van der Waals surface area (Å²) in [5.41, 5.74) is 0.864. The van der Waals surface area contributed by atoms with E-state index in [9.17, 15) is 10.1 Å². The van der Waals surface area contributed by atoms with E-state index in [4.69, 9.17) is 0 Å². The van der Waals surface area contributed by atoms with Gasteiger partial charge in [-0.1, -0.05) is 18.2 Å². The number of piperidine rings is 1. The smallest absolute Gasteiger partial charge is 0.252 e. The number of benzene rings is 1. The van der Waals surface area contributed by atoms with Crippen molar-refractivity contribution in [3.05, 3.63) is 35.4 Å². The first-order valence-corrected chi connectivity index (χ1v) is 6.54. The lowest BCUT2D eigenvalue weighted by atomic mass is 9.88. The molecule has 1 heterocycles. The second kappa shape index (κ2) is 5.41. The molecule has 4 nitrogen and oxygen atoms in total. The molecule has 0 aromatic heterocycles. The summed E-state index contributed by atoms with van der Waals surface area (Å²) in [4.78, 5) is 14.5. The van der Waals surface area contributed by atoms with Gasteiger partial charge in [0.1, 0.15) is 5.54 Å². The van der Waals surface area contributed by atoms with Crippen LogP contribution in [0, 0.1) is 18.3 Å². The lowest BCUT2D eigenvalue weighted by molar-refractivity contribution is 0.0881. The fourth-order valence-electron chi connectivity index (χ4n) is 2.38. The Labute approximate surface area is 114 Å². The van der Waals surface area contributed by atoms with Gasteiger partial charge in [0.2, 0.25) is 0 Å². The molecule has 2 rings (SSSR count). The Balaban J connectivity index is 2.14. The normalized spacial score (nSPS) is 18.6. The molecular formula is C15H19N3O. The molecule has 0 saturated carbocycles. The van der Waals surface area contributed by atoms with E-state index < -0.39 is 5.54 Å². The van der Waals surface area contributed by atoms with Gasteiger partial charge in [-0.15, -0.1) is 0 Å². The number of carbonyl (C=O) groups is 1. The predicted molar refractivity (Wildman–Crippen MR) is 73.7 cm³/mol. The third kappa shape index (κ3) is 2.94. The van der Waals surface area contributed by atoms with E-state index >= 15 is 0 Å². The zero-order valence-corrected chi connectivity index (χ0v) is 11.4. The molecule has 0 aliphatic carbocycles. The SMILES string of the molecule is Cc1ccccc1C(=O)NC1(C#N)CCN(C)CC1. The number of likely N-dealkylation sites (tertiary alicyclic amines) is 1. The van der Waals surface area contributed by atoms with Crippen molar-refractivity contribution in [2.24, 2.45) is 0 Å². The highest BCUT2D eigenvalue weighted by molar-refractivity contribution is 5.96. The standard InChI is InChI=1S/C15H19N3O/c1-12-5-3-4-6-13(12)14(19)17-15(11-16)7-9-18(2)10-8-15/h3-6H,7-10H2,1-2H3,(H,17,19). The molecule has 0 atom stereocenters. The van der Waals surface area contributed by atoms with Gasteiger partial charge in [-0.3, -0.25) is 4.79 Å². The molecule has 0 spiro atoms. The van der Waals surface area contributed by atoms with Gasteiger partial charge in [0.15, 0.2) is 0 Å². The number of nitriles is 1. The maximum absolute atomic E-state index is 12.3. The van der Waals surface area contributed by atoms with Crippen LogP contribution in [0.1, 0.15) is 28.8 Å². The fraction of sp³-hybridized carbons (Fsp3) is 0.467. The minimum atomic E-state index is -0.716. The van der Waals surface area contributed by atoms with Crippen LogP contribution >= 0.6 is 0 Å². The van der Waals surface area contributed by atoms with Crippen LogP contribution in [0.4, 0.5) is 0 Å². The van der Waals surface area contributed by atoms with Crippen LogP contribution in [0.15, 0.2) is 24.3 Å². The van der Waals surface area contributed by atoms with Gasteiger partial charge >= 0.3 is 0 Å². The second-order valence-corrected chi connectivity index (χ2v) is 5.27. The number of rotatable bonds is 2. The average molecular weight is 257 g/mol. The van der Waals surface area contributed by atoms with Crippen molar-refractivity contribution >= 4 is 5.91 Å². The molecule has 1 aromatic carbocycles. The summed E-state index contributed by atoms with van der Waals surface area (Å²) in [6.07, 6.45) is 1.36. The zero-order valence-electron chi connectivity index (χ0n) is 11.4. The highest BCUT2D eigenvalue weighted by atomic mass is 16.1. The van der Waals surface area contributed by atoms with Crippen molar-refractivity contribution < 1.29 is 4.79 Å². The Bertz CT molecular complexity index is 510. The number of amides is 1. The molecule has 1 aliphatic heterocycles.